The number of nitriles is 1. The van der Waals surface area contributed by atoms with E-state index in [1.54, 1.807) is 11.1 Å². The molecule has 2 aromatic rings. The summed E-state index contributed by atoms with van der Waals surface area (Å²) in [6.45, 7) is 2.39. The third kappa shape index (κ3) is 6.69. The Labute approximate surface area is 294 Å². The first-order chi connectivity index (χ1) is 24.2. The minimum atomic E-state index is 0.187. The molecule has 9 atom stereocenters. The number of aliphatic imine (C=N–C) groups is 1. The molecule has 9 unspecified atom stereocenters. The highest BCUT2D eigenvalue weighted by Crippen LogP contribution is 2.51. The van der Waals surface area contributed by atoms with Crippen molar-refractivity contribution in [3.05, 3.63) is 131 Å². The highest BCUT2D eigenvalue weighted by atomic mass is 15.1. The molecule has 2 aromatic carbocycles. The molecule has 2 fully saturated rings. The van der Waals surface area contributed by atoms with Crippen molar-refractivity contribution in [1.82, 2.24) is 5.32 Å². The van der Waals surface area contributed by atoms with Gasteiger partial charge in [0, 0.05) is 17.8 Å². The van der Waals surface area contributed by atoms with Crippen molar-refractivity contribution in [1.29, 1.82) is 5.26 Å². The molecule has 8 rings (SSSR count). The fraction of sp³-hybridized carbons (Fsp3) is 0.478. The Balaban J connectivity index is 0.993. The zero-order valence-corrected chi connectivity index (χ0v) is 29.3. The lowest BCUT2D eigenvalue weighted by atomic mass is 9.60. The molecule has 3 heteroatoms. The Morgan fingerprint density at radius 3 is 2.20 bits per heavy atom. The van der Waals surface area contributed by atoms with Gasteiger partial charge in [0.15, 0.2) is 0 Å². The molecule has 0 amide bonds. The Hall–Kier alpha value is -3.90. The lowest BCUT2D eigenvalue weighted by molar-refractivity contribution is 0.220. The van der Waals surface area contributed by atoms with E-state index in [0.29, 0.717) is 41.4 Å². The van der Waals surface area contributed by atoms with E-state index in [1.165, 1.54) is 67.5 Å². The SMILES string of the molecule is CC1C(c2ccccc2)N=C(C2CCCCC2)NC1c1ccc(C2CCC(C3=CC=CC(C4=CCC(C#N)CC4)C3)C3C=CC=CC23)cc1. The van der Waals surface area contributed by atoms with E-state index in [9.17, 15) is 5.26 Å². The molecule has 2 saturated carbocycles. The molecule has 0 spiro atoms. The summed E-state index contributed by atoms with van der Waals surface area (Å²) in [5.74, 6) is 5.12. The topological polar surface area (TPSA) is 48.2 Å². The number of allylic oxidation sites excluding steroid dienone is 10. The van der Waals surface area contributed by atoms with Crippen molar-refractivity contribution >= 4 is 5.84 Å². The zero-order valence-electron chi connectivity index (χ0n) is 29.3. The van der Waals surface area contributed by atoms with Crippen LogP contribution in [0.5, 0.6) is 0 Å². The third-order valence-corrected chi connectivity index (χ3v) is 13.1. The van der Waals surface area contributed by atoms with Crippen LogP contribution in [0.15, 0.2) is 119 Å². The molecule has 5 aliphatic carbocycles. The molecule has 252 valence electrons. The van der Waals surface area contributed by atoms with E-state index >= 15 is 0 Å². The van der Waals surface area contributed by atoms with Crippen LogP contribution >= 0.6 is 0 Å². The summed E-state index contributed by atoms with van der Waals surface area (Å²) in [4.78, 5) is 5.42. The quantitative estimate of drug-likeness (QED) is 0.317. The number of amidine groups is 1. The summed E-state index contributed by atoms with van der Waals surface area (Å²) in [6.07, 6.45) is 32.4. The zero-order chi connectivity index (χ0) is 33.2. The minimum Gasteiger partial charge on any atom is -0.366 e. The van der Waals surface area contributed by atoms with Crippen LogP contribution in [0.1, 0.15) is 112 Å². The molecule has 0 saturated heterocycles. The summed E-state index contributed by atoms with van der Waals surface area (Å²) in [5, 5.41) is 13.4. The first-order valence-corrected chi connectivity index (χ1v) is 19.5. The molecule has 49 heavy (non-hydrogen) atoms. The summed E-state index contributed by atoms with van der Waals surface area (Å²) < 4.78 is 0. The van der Waals surface area contributed by atoms with Crippen molar-refractivity contribution < 1.29 is 0 Å². The number of nitrogens with one attached hydrogen (secondary N) is 1. The fourth-order valence-electron chi connectivity index (χ4n) is 10.3. The molecule has 1 N–H and O–H groups in total. The largest absolute Gasteiger partial charge is 0.366 e. The maximum Gasteiger partial charge on any atom is 0.101 e. The van der Waals surface area contributed by atoms with Crippen LogP contribution < -0.4 is 5.32 Å². The predicted molar refractivity (Wildman–Crippen MR) is 202 cm³/mol. The second-order valence-corrected chi connectivity index (χ2v) is 15.9. The van der Waals surface area contributed by atoms with E-state index in [2.05, 4.69) is 122 Å². The van der Waals surface area contributed by atoms with Gasteiger partial charge in [-0.2, -0.15) is 5.26 Å². The first kappa shape index (κ1) is 32.3. The van der Waals surface area contributed by atoms with Gasteiger partial charge in [-0.15, -0.1) is 0 Å². The van der Waals surface area contributed by atoms with Gasteiger partial charge in [-0.1, -0.05) is 141 Å². The lowest BCUT2D eigenvalue weighted by Gasteiger charge is -2.44. The van der Waals surface area contributed by atoms with E-state index in [1.807, 2.05) is 0 Å². The summed E-state index contributed by atoms with van der Waals surface area (Å²) in [6, 6.07) is 23.7. The number of benzene rings is 2. The van der Waals surface area contributed by atoms with Crippen LogP contribution in [0.25, 0.3) is 0 Å². The Morgan fingerprint density at radius 2 is 1.47 bits per heavy atom. The molecule has 1 heterocycles. The van der Waals surface area contributed by atoms with Gasteiger partial charge in [0.1, 0.15) is 5.84 Å². The van der Waals surface area contributed by atoms with Crippen LogP contribution in [0.4, 0.5) is 0 Å². The van der Waals surface area contributed by atoms with Gasteiger partial charge >= 0.3 is 0 Å². The van der Waals surface area contributed by atoms with Crippen LogP contribution in [0.2, 0.25) is 0 Å². The van der Waals surface area contributed by atoms with Gasteiger partial charge in [0.25, 0.3) is 0 Å². The van der Waals surface area contributed by atoms with Gasteiger partial charge in [-0.05, 0) is 91.7 Å². The highest BCUT2D eigenvalue weighted by Gasteiger charge is 2.41. The van der Waals surface area contributed by atoms with E-state index in [-0.39, 0.29) is 18.0 Å². The molecule has 0 bridgehead atoms. The standard InChI is InChI=1S/C46H53N3/c1-31-44(35-11-4-2-5-12-35)48-46(37-13-6-3-7-14-37)49-45(31)36-25-23-34(24-26-36)40-27-28-41(43-18-9-8-17-42(40)43)39-16-10-15-38(29-39)33-21-19-32(30-47)20-22-33/h2,4-5,8-12,15-18,21,23-26,31-32,37-38,40-45H,3,6-7,13-14,19-20,22,27-29H2,1H3,(H,48,49). The van der Waals surface area contributed by atoms with Crippen LogP contribution in [0, 0.1) is 52.8 Å². The van der Waals surface area contributed by atoms with Crippen molar-refractivity contribution in [2.75, 3.05) is 0 Å². The van der Waals surface area contributed by atoms with Gasteiger partial charge in [0.05, 0.1) is 24.1 Å². The van der Waals surface area contributed by atoms with Gasteiger partial charge < -0.3 is 5.32 Å². The van der Waals surface area contributed by atoms with Gasteiger partial charge in [0.2, 0.25) is 0 Å². The normalized spacial score (nSPS) is 34.5. The lowest BCUT2D eigenvalue weighted by Crippen LogP contribution is -2.43. The van der Waals surface area contributed by atoms with Crippen LogP contribution in [0.3, 0.4) is 0 Å². The smallest absolute Gasteiger partial charge is 0.101 e. The molecule has 1 aliphatic heterocycles. The average Bonchev–Trinajstić information content (AvgIpc) is 3.18. The van der Waals surface area contributed by atoms with Crippen molar-refractivity contribution in [2.45, 2.75) is 95.6 Å². The van der Waals surface area contributed by atoms with E-state index in [0.717, 1.165) is 25.7 Å². The Bertz CT molecular complexity index is 1690. The van der Waals surface area contributed by atoms with Crippen LogP contribution in [-0.2, 0) is 0 Å². The molecule has 3 nitrogen and oxygen atoms in total. The number of hydrogen-bond acceptors (Lipinski definition) is 3. The van der Waals surface area contributed by atoms with E-state index in [4.69, 9.17) is 4.99 Å². The monoisotopic (exact) mass is 647 g/mol. The summed E-state index contributed by atoms with van der Waals surface area (Å²) in [5.41, 5.74) is 7.43. The third-order valence-electron chi connectivity index (χ3n) is 13.1. The number of fused-ring (bicyclic) bond motifs is 1. The van der Waals surface area contributed by atoms with Crippen molar-refractivity contribution in [3.63, 3.8) is 0 Å². The molecule has 0 radical (unpaired) electrons. The second kappa shape index (κ2) is 14.5. The van der Waals surface area contributed by atoms with Crippen molar-refractivity contribution in [3.8, 4) is 6.07 Å². The van der Waals surface area contributed by atoms with E-state index < -0.39 is 0 Å². The number of hydrogen-bond donors (Lipinski definition) is 1. The minimum absolute atomic E-state index is 0.187. The van der Waals surface area contributed by atoms with Gasteiger partial charge in [-0.3, -0.25) is 4.99 Å². The molecule has 0 aromatic heterocycles. The molecular formula is C46H53N3. The summed E-state index contributed by atoms with van der Waals surface area (Å²) in [7, 11) is 0. The fourth-order valence-corrected chi connectivity index (χ4v) is 10.3. The van der Waals surface area contributed by atoms with Crippen LogP contribution in [-0.4, -0.2) is 5.84 Å². The highest BCUT2D eigenvalue weighted by molar-refractivity contribution is 5.86. The number of nitrogens with zero attached hydrogens (tertiary/aromatic N) is 2. The maximum absolute atomic E-state index is 9.38. The second-order valence-electron chi connectivity index (χ2n) is 15.9. The molecule has 6 aliphatic rings. The number of rotatable bonds is 6. The summed E-state index contributed by atoms with van der Waals surface area (Å²) >= 11 is 0. The average molecular weight is 648 g/mol. The maximum atomic E-state index is 9.38. The Morgan fingerprint density at radius 1 is 0.735 bits per heavy atom. The Kier molecular flexibility index (Phi) is 9.58. The molecular weight excluding hydrogens is 595 g/mol. The predicted octanol–water partition coefficient (Wildman–Crippen LogP) is 11.3. The van der Waals surface area contributed by atoms with Gasteiger partial charge in [-0.25, -0.2) is 0 Å². The first-order valence-electron chi connectivity index (χ1n) is 19.5. The van der Waals surface area contributed by atoms with Crippen molar-refractivity contribution in [2.24, 2.45) is 46.4 Å².